The van der Waals surface area contributed by atoms with E-state index in [1.165, 1.54) is 6.08 Å². The molecule has 0 saturated heterocycles. The average molecular weight is 166 g/mol. The smallest absolute Gasteiger partial charge is 0.166 e. The predicted octanol–water partition coefficient (Wildman–Crippen LogP) is 2.74. The molecule has 1 aliphatic rings. The average Bonchev–Trinajstić information content (AvgIpc) is 1.88. The van der Waals surface area contributed by atoms with Gasteiger partial charge in [-0.3, -0.25) is 0 Å². The molecule has 0 nitrogen and oxygen atoms in total. The van der Waals surface area contributed by atoms with Crippen LogP contribution in [0.2, 0.25) is 0 Å². The summed E-state index contributed by atoms with van der Waals surface area (Å²) in [6.07, 6.45) is 0.0584. The van der Waals surface area contributed by atoms with Crippen molar-refractivity contribution in [2.75, 3.05) is 5.75 Å². The quantitative estimate of drug-likeness (QED) is 0.533. The van der Waals surface area contributed by atoms with Gasteiger partial charge in [-0.2, -0.15) is 13.2 Å². The zero-order valence-electron chi connectivity index (χ0n) is 4.98. The van der Waals surface area contributed by atoms with Gasteiger partial charge in [0.15, 0.2) is 0 Å². The topological polar surface area (TPSA) is 0 Å². The Morgan fingerprint density at radius 3 is 2.40 bits per heavy atom. The molecule has 4 heteroatoms. The second-order valence-corrected chi connectivity index (χ2v) is 2.83. The molecule has 1 aliphatic heterocycles. The van der Waals surface area contributed by atoms with E-state index < -0.39 is 11.1 Å². The Hall–Kier alpha value is -0.380. The third-order valence-corrected chi connectivity index (χ3v) is 2.04. The highest BCUT2D eigenvalue weighted by Gasteiger charge is 2.33. The van der Waals surface area contributed by atoms with E-state index >= 15 is 0 Å². The molecule has 1 rings (SSSR count). The lowest BCUT2D eigenvalue weighted by atomic mass is 10.4. The maximum absolute atomic E-state index is 11.8. The summed E-state index contributed by atoms with van der Waals surface area (Å²) < 4.78 is 35.5. The van der Waals surface area contributed by atoms with Crippen molar-refractivity contribution in [3.8, 4) is 0 Å². The van der Waals surface area contributed by atoms with Crippen molar-refractivity contribution in [1.29, 1.82) is 0 Å². The molecule has 0 saturated carbocycles. The first-order valence-electron chi connectivity index (χ1n) is 2.67. The van der Waals surface area contributed by atoms with E-state index in [1.807, 2.05) is 0 Å². The summed E-state index contributed by atoms with van der Waals surface area (Å²) in [7, 11) is 0. The third kappa shape index (κ3) is 1.80. The molecular weight excluding hydrogens is 161 g/mol. The molecular formula is C6H5F3S. The molecule has 0 spiro atoms. The first kappa shape index (κ1) is 7.72. The number of hydrogen-bond acceptors (Lipinski definition) is 1. The minimum atomic E-state index is -4.16. The number of alkyl halides is 3. The van der Waals surface area contributed by atoms with Crippen molar-refractivity contribution >= 4 is 11.8 Å². The highest BCUT2D eigenvalue weighted by Crippen LogP contribution is 2.35. The maximum atomic E-state index is 11.8. The lowest BCUT2D eigenvalue weighted by Gasteiger charge is -2.10. The Labute approximate surface area is 60.8 Å². The molecule has 1 heterocycles. The van der Waals surface area contributed by atoms with E-state index in [0.717, 1.165) is 17.8 Å². The van der Waals surface area contributed by atoms with Gasteiger partial charge in [0.25, 0.3) is 0 Å². The lowest BCUT2D eigenvalue weighted by Crippen LogP contribution is -2.10. The Bertz CT molecular complexity index is 178. The number of thioether (sulfide) groups is 1. The summed E-state index contributed by atoms with van der Waals surface area (Å²) in [5.74, 6) is 0.422. The van der Waals surface area contributed by atoms with Crippen LogP contribution in [-0.4, -0.2) is 11.9 Å². The van der Waals surface area contributed by atoms with Crippen LogP contribution in [0.3, 0.4) is 0 Å². The molecule has 0 aromatic rings. The van der Waals surface area contributed by atoms with Gasteiger partial charge in [0.1, 0.15) is 0 Å². The van der Waals surface area contributed by atoms with E-state index in [4.69, 9.17) is 0 Å². The highest BCUT2D eigenvalue weighted by molar-refractivity contribution is 8.03. The minimum absolute atomic E-state index is 0.422. The number of hydrogen-bond donors (Lipinski definition) is 0. The predicted molar refractivity (Wildman–Crippen MR) is 35.7 cm³/mol. The standard InChI is InChI=1S/C6H5F3S/c7-6(8,9)5-3-1-2-4-10-5/h1-3H,4H2. The Morgan fingerprint density at radius 1 is 1.40 bits per heavy atom. The number of rotatable bonds is 0. The van der Waals surface area contributed by atoms with Gasteiger partial charge < -0.3 is 0 Å². The first-order valence-corrected chi connectivity index (χ1v) is 3.66. The summed E-state index contributed by atoms with van der Waals surface area (Å²) in [6, 6.07) is 0. The molecule has 0 aromatic carbocycles. The van der Waals surface area contributed by atoms with E-state index in [-0.39, 0.29) is 0 Å². The molecule has 56 valence electrons. The SMILES string of the molecule is FC(F)(F)C1=CC=CCS1. The van der Waals surface area contributed by atoms with E-state index in [1.54, 1.807) is 6.08 Å². The summed E-state index contributed by atoms with van der Waals surface area (Å²) in [4.78, 5) is -0.505. The van der Waals surface area contributed by atoms with Crippen LogP contribution in [0, 0.1) is 0 Å². The van der Waals surface area contributed by atoms with Crippen molar-refractivity contribution in [2.45, 2.75) is 6.18 Å². The molecule has 0 amide bonds. The largest absolute Gasteiger partial charge is 0.422 e. The molecule has 0 radical (unpaired) electrons. The molecule has 10 heavy (non-hydrogen) atoms. The Kier molecular flexibility index (Phi) is 2.08. The van der Waals surface area contributed by atoms with Gasteiger partial charge in [-0.15, -0.1) is 11.8 Å². The fourth-order valence-electron chi connectivity index (χ4n) is 0.573. The fourth-order valence-corrected chi connectivity index (χ4v) is 1.30. The van der Waals surface area contributed by atoms with Crippen LogP contribution in [-0.2, 0) is 0 Å². The number of halogens is 3. The van der Waals surface area contributed by atoms with Crippen molar-refractivity contribution < 1.29 is 13.2 Å². The molecule has 0 bridgehead atoms. The van der Waals surface area contributed by atoms with E-state index in [0.29, 0.717) is 5.75 Å². The van der Waals surface area contributed by atoms with Gasteiger partial charge in [0, 0.05) is 5.75 Å². The van der Waals surface area contributed by atoms with Gasteiger partial charge in [-0.05, 0) is 6.08 Å². The van der Waals surface area contributed by atoms with Crippen LogP contribution in [0.5, 0.6) is 0 Å². The molecule has 0 atom stereocenters. The van der Waals surface area contributed by atoms with Crippen LogP contribution in [0.1, 0.15) is 0 Å². The third-order valence-electron chi connectivity index (χ3n) is 0.998. The van der Waals surface area contributed by atoms with Crippen LogP contribution in [0.15, 0.2) is 23.1 Å². The van der Waals surface area contributed by atoms with Gasteiger partial charge >= 0.3 is 6.18 Å². The molecule has 0 aromatic heterocycles. The number of allylic oxidation sites excluding steroid dienone is 3. The highest BCUT2D eigenvalue weighted by atomic mass is 32.2. The normalized spacial score (nSPS) is 18.9. The Balaban J connectivity index is 2.72. The molecule has 0 N–H and O–H groups in total. The summed E-state index contributed by atoms with van der Waals surface area (Å²) in [5.41, 5.74) is 0. The first-order chi connectivity index (χ1) is 4.61. The van der Waals surface area contributed by atoms with Gasteiger partial charge in [0.2, 0.25) is 0 Å². The zero-order chi connectivity index (χ0) is 7.61. The monoisotopic (exact) mass is 166 g/mol. The van der Waals surface area contributed by atoms with Crippen LogP contribution < -0.4 is 0 Å². The second kappa shape index (κ2) is 2.70. The van der Waals surface area contributed by atoms with Gasteiger partial charge in [-0.1, -0.05) is 12.2 Å². The van der Waals surface area contributed by atoms with Crippen LogP contribution in [0.25, 0.3) is 0 Å². The minimum Gasteiger partial charge on any atom is -0.166 e. The molecule has 0 unspecified atom stereocenters. The van der Waals surface area contributed by atoms with Crippen molar-refractivity contribution in [2.24, 2.45) is 0 Å². The van der Waals surface area contributed by atoms with E-state index in [2.05, 4.69) is 0 Å². The molecule has 0 aliphatic carbocycles. The van der Waals surface area contributed by atoms with Crippen molar-refractivity contribution in [1.82, 2.24) is 0 Å². The van der Waals surface area contributed by atoms with Crippen LogP contribution >= 0.6 is 11.8 Å². The molecule has 0 fully saturated rings. The summed E-state index contributed by atoms with van der Waals surface area (Å²) in [5, 5.41) is 0. The summed E-state index contributed by atoms with van der Waals surface area (Å²) >= 11 is 0.819. The van der Waals surface area contributed by atoms with Gasteiger partial charge in [-0.25, -0.2) is 0 Å². The van der Waals surface area contributed by atoms with Crippen molar-refractivity contribution in [3.05, 3.63) is 23.1 Å². The maximum Gasteiger partial charge on any atom is 0.422 e. The second-order valence-electron chi connectivity index (χ2n) is 1.77. The van der Waals surface area contributed by atoms with Crippen LogP contribution in [0.4, 0.5) is 13.2 Å². The lowest BCUT2D eigenvalue weighted by molar-refractivity contribution is -0.0836. The van der Waals surface area contributed by atoms with Gasteiger partial charge in [0.05, 0.1) is 4.91 Å². The zero-order valence-corrected chi connectivity index (χ0v) is 5.80. The van der Waals surface area contributed by atoms with E-state index in [9.17, 15) is 13.2 Å². The fraction of sp³-hybridized carbons (Fsp3) is 0.333. The Morgan fingerprint density at radius 2 is 2.10 bits per heavy atom. The summed E-state index contributed by atoms with van der Waals surface area (Å²) in [6.45, 7) is 0. The van der Waals surface area contributed by atoms with Crippen molar-refractivity contribution in [3.63, 3.8) is 0 Å².